The van der Waals surface area contributed by atoms with Crippen molar-refractivity contribution in [2.24, 2.45) is 0 Å². The van der Waals surface area contributed by atoms with E-state index in [1.807, 2.05) is 11.4 Å². The molecule has 0 amide bonds. The van der Waals surface area contributed by atoms with Crippen molar-refractivity contribution in [2.75, 3.05) is 22.6 Å². The van der Waals surface area contributed by atoms with Crippen molar-refractivity contribution in [3.8, 4) is 0 Å². The standard InChI is InChI=1S/C11H14N4OS2/c12-11-14-8-1-4-17-9(8)10(15-11)13-7-2-5-18(16)6-3-7/h1,4,7H,2-3,5-6H2,(H3,12,13,14,15). The van der Waals surface area contributed by atoms with Gasteiger partial charge in [-0.25, -0.2) is 4.98 Å². The molecule has 2 aromatic heterocycles. The minimum Gasteiger partial charge on any atom is -0.368 e. The molecule has 3 heterocycles. The third kappa shape index (κ3) is 2.32. The van der Waals surface area contributed by atoms with Crippen molar-refractivity contribution in [1.82, 2.24) is 9.97 Å². The summed E-state index contributed by atoms with van der Waals surface area (Å²) in [6.45, 7) is 0. The predicted molar refractivity (Wildman–Crippen MR) is 76.3 cm³/mol. The number of fused-ring (bicyclic) bond motifs is 1. The van der Waals surface area contributed by atoms with E-state index in [0.29, 0.717) is 12.0 Å². The van der Waals surface area contributed by atoms with Crippen LogP contribution in [0, 0.1) is 0 Å². The van der Waals surface area contributed by atoms with Gasteiger partial charge >= 0.3 is 0 Å². The van der Waals surface area contributed by atoms with E-state index in [2.05, 4.69) is 15.3 Å². The molecule has 0 aliphatic carbocycles. The molecule has 1 aliphatic heterocycles. The molecular weight excluding hydrogens is 268 g/mol. The van der Waals surface area contributed by atoms with Crippen molar-refractivity contribution >= 4 is 44.1 Å². The third-order valence-electron chi connectivity index (χ3n) is 3.05. The van der Waals surface area contributed by atoms with Gasteiger partial charge in [-0.05, 0) is 24.3 Å². The fourth-order valence-corrected chi connectivity index (χ4v) is 4.19. The first-order valence-corrected chi connectivity index (χ1v) is 8.21. The lowest BCUT2D eigenvalue weighted by atomic mass is 10.1. The molecule has 3 rings (SSSR count). The highest BCUT2D eigenvalue weighted by atomic mass is 32.2. The van der Waals surface area contributed by atoms with Crippen molar-refractivity contribution < 1.29 is 4.21 Å². The Balaban J connectivity index is 1.85. The van der Waals surface area contributed by atoms with Crippen LogP contribution in [0.4, 0.5) is 11.8 Å². The van der Waals surface area contributed by atoms with Crippen LogP contribution in [0.2, 0.25) is 0 Å². The monoisotopic (exact) mass is 282 g/mol. The number of hydrogen-bond donors (Lipinski definition) is 2. The number of hydrogen-bond acceptors (Lipinski definition) is 6. The van der Waals surface area contributed by atoms with Gasteiger partial charge in [0, 0.05) is 28.3 Å². The number of aromatic nitrogens is 2. The molecule has 96 valence electrons. The fraction of sp³-hybridized carbons (Fsp3) is 0.455. The Morgan fingerprint density at radius 1 is 1.39 bits per heavy atom. The average molecular weight is 282 g/mol. The zero-order chi connectivity index (χ0) is 12.5. The zero-order valence-electron chi connectivity index (χ0n) is 9.76. The SMILES string of the molecule is Nc1nc(NC2CCS(=O)CC2)c2sccc2n1. The van der Waals surface area contributed by atoms with Crippen LogP contribution < -0.4 is 11.1 Å². The second-order valence-corrected chi connectivity index (χ2v) is 6.94. The first-order chi connectivity index (χ1) is 8.72. The van der Waals surface area contributed by atoms with E-state index in [-0.39, 0.29) is 0 Å². The largest absolute Gasteiger partial charge is 0.368 e. The summed E-state index contributed by atoms with van der Waals surface area (Å²) in [5, 5.41) is 5.40. The van der Waals surface area contributed by atoms with Crippen LogP contribution >= 0.6 is 11.3 Å². The van der Waals surface area contributed by atoms with Gasteiger partial charge < -0.3 is 11.1 Å². The second kappa shape index (κ2) is 4.81. The molecule has 0 bridgehead atoms. The van der Waals surface area contributed by atoms with Crippen molar-refractivity contribution in [1.29, 1.82) is 0 Å². The van der Waals surface area contributed by atoms with Crippen LogP contribution in [-0.4, -0.2) is 31.7 Å². The summed E-state index contributed by atoms with van der Waals surface area (Å²) in [6.07, 6.45) is 1.84. The minimum atomic E-state index is -0.637. The molecule has 3 N–H and O–H groups in total. The van der Waals surface area contributed by atoms with Crippen molar-refractivity contribution in [2.45, 2.75) is 18.9 Å². The quantitative estimate of drug-likeness (QED) is 0.874. The number of nitrogens with zero attached hydrogens (tertiary/aromatic N) is 2. The summed E-state index contributed by atoms with van der Waals surface area (Å²) in [6, 6.07) is 2.28. The van der Waals surface area contributed by atoms with Gasteiger partial charge in [0.1, 0.15) is 5.82 Å². The minimum absolute atomic E-state index is 0.294. The van der Waals surface area contributed by atoms with E-state index in [1.54, 1.807) is 11.3 Å². The molecule has 1 fully saturated rings. The van der Waals surface area contributed by atoms with Gasteiger partial charge in [0.2, 0.25) is 5.95 Å². The molecule has 0 saturated carbocycles. The van der Waals surface area contributed by atoms with Crippen molar-refractivity contribution in [3.63, 3.8) is 0 Å². The summed E-state index contributed by atoms with van der Waals surface area (Å²) >= 11 is 1.61. The smallest absolute Gasteiger partial charge is 0.222 e. The fourth-order valence-electron chi connectivity index (χ4n) is 2.11. The number of nitrogens with two attached hydrogens (primary N) is 1. The third-order valence-corrected chi connectivity index (χ3v) is 5.34. The summed E-state index contributed by atoms with van der Waals surface area (Å²) in [7, 11) is -0.637. The molecule has 0 aromatic carbocycles. The summed E-state index contributed by atoms with van der Waals surface area (Å²) in [4.78, 5) is 8.47. The van der Waals surface area contributed by atoms with Crippen LogP contribution in [0.3, 0.4) is 0 Å². The zero-order valence-corrected chi connectivity index (χ0v) is 11.4. The molecule has 0 unspecified atom stereocenters. The van der Waals surface area contributed by atoms with Gasteiger partial charge in [0.05, 0.1) is 10.2 Å². The Hall–Kier alpha value is -1.21. The van der Waals surface area contributed by atoms with Crippen LogP contribution in [-0.2, 0) is 10.8 Å². The van der Waals surface area contributed by atoms with E-state index >= 15 is 0 Å². The van der Waals surface area contributed by atoms with Gasteiger partial charge in [-0.3, -0.25) is 4.21 Å². The molecule has 0 radical (unpaired) electrons. The van der Waals surface area contributed by atoms with Crippen LogP contribution in [0.5, 0.6) is 0 Å². The highest BCUT2D eigenvalue weighted by Crippen LogP contribution is 2.28. The predicted octanol–water partition coefficient (Wildman–Crippen LogP) is 1.60. The van der Waals surface area contributed by atoms with Crippen LogP contribution in [0.25, 0.3) is 10.2 Å². The maximum atomic E-state index is 11.3. The number of nitrogens with one attached hydrogen (secondary N) is 1. The lowest BCUT2D eigenvalue weighted by Crippen LogP contribution is -2.29. The molecule has 18 heavy (non-hydrogen) atoms. The average Bonchev–Trinajstić information content (AvgIpc) is 2.80. The lowest BCUT2D eigenvalue weighted by molar-refractivity contribution is 0.623. The Morgan fingerprint density at radius 2 is 2.17 bits per heavy atom. The maximum absolute atomic E-state index is 11.3. The molecule has 0 atom stereocenters. The van der Waals surface area contributed by atoms with E-state index in [4.69, 9.17) is 5.73 Å². The normalized spacial score (nSPS) is 24.2. The molecule has 0 spiro atoms. The summed E-state index contributed by atoms with van der Waals surface area (Å²) < 4.78 is 12.4. The number of anilines is 2. The second-order valence-electron chi connectivity index (χ2n) is 4.33. The number of thiophene rings is 1. The maximum Gasteiger partial charge on any atom is 0.222 e. The van der Waals surface area contributed by atoms with Gasteiger partial charge in [-0.2, -0.15) is 4.98 Å². The Kier molecular flexibility index (Phi) is 3.17. The van der Waals surface area contributed by atoms with E-state index in [9.17, 15) is 4.21 Å². The first kappa shape index (κ1) is 11.9. The summed E-state index contributed by atoms with van der Waals surface area (Å²) in [5.74, 6) is 2.64. The molecule has 7 heteroatoms. The molecule has 2 aromatic rings. The first-order valence-electron chi connectivity index (χ1n) is 5.84. The van der Waals surface area contributed by atoms with Gasteiger partial charge in [0.15, 0.2) is 0 Å². The highest BCUT2D eigenvalue weighted by Gasteiger charge is 2.19. The Labute approximate surface area is 111 Å². The molecule has 1 saturated heterocycles. The summed E-state index contributed by atoms with van der Waals surface area (Å²) in [5.41, 5.74) is 6.59. The van der Waals surface area contributed by atoms with Crippen molar-refractivity contribution in [3.05, 3.63) is 11.4 Å². The van der Waals surface area contributed by atoms with Gasteiger partial charge in [-0.15, -0.1) is 11.3 Å². The Morgan fingerprint density at radius 3 is 2.94 bits per heavy atom. The number of nitrogen functional groups attached to an aromatic ring is 1. The topological polar surface area (TPSA) is 80.9 Å². The molecule has 5 nitrogen and oxygen atoms in total. The highest BCUT2D eigenvalue weighted by molar-refractivity contribution is 7.85. The lowest BCUT2D eigenvalue weighted by Gasteiger charge is -2.23. The van der Waals surface area contributed by atoms with Gasteiger partial charge in [-0.1, -0.05) is 0 Å². The van der Waals surface area contributed by atoms with E-state index < -0.39 is 10.8 Å². The molecule has 1 aliphatic rings. The van der Waals surface area contributed by atoms with Gasteiger partial charge in [0.25, 0.3) is 0 Å². The Bertz CT molecular complexity index is 588. The number of rotatable bonds is 2. The van der Waals surface area contributed by atoms with E-state index in [0.717, 1.165) is 40.4 Å². The van der Waals surface area contributed by atoms with Crippen LogP contribution in [0.15, 0.2) is 11.4 Å². The molecular formula is C11H14N4OS2. The van der Waals surface area contributed by atoms with E-state index in [1.165, 1.54) is 0 Å². The van der Waals surface area contributed by atoms with Crippen LogP contribution in [0.1, 0.15) is 12.8 Å².